The highest BCUT2D eigenvalue weighted by atomic mass is 16.5. The SMILES string of the molecule is COc1ccc2c(CNCCN)nn3c4ccccc4c(=O)c1c23. The molecule has 0 spiro atoms. The van der Waals surface area contributed by atoms with Gasteiger partial charge in [-0.25, -0.2) is 4.52 Å². The molecule has 0 fully saturated rings. The van der Waals surface area contributed by atoms with E-state index in [1.807, 2.05) is 40.9 Å². The van der Waals surface area contributed by atoms with Crippen LogP contribution in [0.5, 0.6) is 5.75 Å². The third kappa shape index (κ3) is 2.04. The van der Waals surface area contributed by atoms with Gasteiger partial charge in [-0.1, -0.05) is 12.1 Å². The topological polar surface area (TPSA) is 81.7 Å². The van der Waals surface area contributed by atoms with Gasteiger partial charge in [-0.15, -0.1) is 0 Å². The lowest BCUT2D eigenvalue weighted by atomic mass is 10.1. The van der Waals surface area contributed by atoms with Gasteiger partial charge < -0.3 is 15.8 Å². The molecule has 0 saturated heterocycles. The second kappa shape index (κ2) is 5.74. The first-order chi connectivity index (χ1) is 11.8. The average Bonchev–Trinajstić information content (AvgIpc) is 2.99. The first kappa shape index (κ1) is 14.9. The van der Waals surface area contributed by atoms with E-state index in [2.05, 4.69) is 5.32 Å². The van der Waals surface area contributed by atoms with Crippen molar-refractivity contribution in [3.63, 3.8) is 0 Å². The van der Waals surface area contributed by atoms with Crippen molar-refractivity contribution in [1.82, 2.24) is 14.9 Å². The minimum Gasteiger partial charge on any atom is -0.496 e. The molecule has 0 atom stereocenters. The molecular weight excluding hydrogens is 304 g/mol. The lowest BCUT2D eigenvalue weighted by Gasteiger charge is -2.08. The van der Waals surface area contributed by atoms with Crippen LogP contribution in [-0.4, -0.2) is 29.8 Å². The summed E-state index contributed by atoms with van der Waals surface area (Å²) in [6.45, 7) is 1.88. The number of hydrogen-bond acceptors (Lipinski definition) is 5. The van der Waals surface area contributed by atoms with Gasteiger partial charge in [0, 0.05) is 30.4 Å². The van der Waals surface area contributed by atoms with Crippen LogP contribution in [0.15, 0.2) is 41.2 Å². The van der Waals surface area contributed by atoms with Gasteiger partial charge in [0.2, 0.25) is 5.43 Å². The maximum absolute atomic E-state index is 13.0. The molecule has 6 nitrogen and oxygen atoms in total. The summed E-state index contributed by atoms with van der Waals surface area (Å²) in [6, 6.07) is 11.3. The number of pyridine rings is 1. The molecule has 6 heteroatoms. The van der Waals surface area contributed by atoms with E-state index in [4.69, 9.17) is 15.6 Å². The van der Waals surface area contributed by atoms with E-state index in [1.54, 1.807) is 7.11 Å². The summed E-state index contributed by atoms with van der Waals surface area (Å²) in [4.78, 5) is 13.0. The number of fused-ring (bicyclic) bond motifs is 2. The Hall–Kier alpha value is -2.70. The lowest BCUT2D eigenvalue weighted by Crippen LogP contribution is -2.22. The van der Waals surface area contributed by atoms with Gasteiger partial charge in [0.1, 0.15) is 5.75 Å². The Balaban J connectivity index is 2.12. The third-order valence-corrected chi connectivity index (χ3v) is 4.32. The number of aromatic nitrogens is 2. The van der Waals surface area contributed by atoms with Crippen LogP contribution >= 0.6 is 0 Å². The number of para-hydroxylation sites is 1. The smallest absolute Gasteiger partial charge is 0.201 e. The van der Waals surface area contributed by atoms with Crippen LogP contribution in [0.2, 0.25) is 0 Å². The van der Waals surface area contributed by atoms with E-state index in [9.17, 15) is 4.79 Å². The number of ether oxygens (including phenoxy) is 1. The van der Waals surface area contributed by atoms with Gasteiger partial charge in [-0.05, 0) is 24.3 Å². The molecule has 2 aromatic heterocycles. The summed E-state index contributed by atoms with van der Waals surface area (Å²) in [6.07, 6.45) is 0. The Labute approximate surface area is 138 Å². The van der Waals surface area contributed by atoms with E-state index in [0.29, 0.717) is 36.2 Å². The van der Waals surface area contributed by atoms with Crippen LogP contribution in [0.25, 0.3) is 27.2 Å². The number of nitrogens with one attached hydrogen (secondary N) is 1. The van der Waals surface area contributed by atoms with E-state index >= 15 is 0 Å². The molecule has 0 amide bonds. The van der Waals surface area contributed by atoms with Gasteiger partial charge >= 0.3 is 0 Å². The molecule has 2 aromatic carbocycles. The van der Waals surface area contributed by atoms with Crippen molar-refractivity contribution < 1.29 is 4.74 Å². The lowest BCUT2D eigenvalue weighted by molar-refractivity contribution is 0.419. The first-order valence-corrected chi connectivity index (χ1v) is 7.89. The van der Waals surface area contributed by atoms with Gasteiger partial charge in [-0.3, -0.25) is 4.79 Å². The number of benzene rings is 2. The van der Waals surface area contributed by atoms with Crippen molar-refractivity contribution in [2.24, 2.45) is 5.73 Å². The van der Waals surface area contributed by atoms with Crippen LogP contribution in [-0.2, 0) is 6.54 Å². The Kier molecular flexibility index (Phi) is 3.55. The molecule has 4 rings (SSSR count). The largest absolute Gasteiger partial charge is 0.496 e. The van der Waals surface area contributed by atoms with Crippen LogP contribution in [0, 0.1) is 0 Å². The fourth-order valence-electron chi connectivity index (χ4n) is 3.24. The molecule has 0 aliphatic heterocycles. The van der Waals surface area contributed by atoms with Crippen LogP contribution in [0.1, 0.15) is 5.69 Å². The fraction of sp³-hybridized carbons (Fsp3) is 0.222. The van der Waals surface area contributed by atoms with Crippen molar-refractivity contribution >= 4 is 27.2 Å². The monoisotopic (exact) mass is 322 g/mol. The average molecular weight is 322 g/mol. The zero-order valence-electron chi connectivity index (χ0n) is 13.4. The molecule has 0 radical (unpaired) electrons. The predicted molar refractivity (Wildman–Crippen MR) is 95.0 cm³/mol. The number of hydrogen-bond donors (Lipinski definition) is 2. The van der Waals surface area contributed by atoms with E-state index in [1.165, 1.54) is 0 Å². The molecule has 0 bridgehead atoms. The summed E-state index contributed by atoms with van der Waals surface area (Å²) >= 11 is 0. The van der Waals surface area contributed by atoms with Gasteiger partial charge in [0.15, 0.2) is 0 Å². The highest BCUT2D eigenvalue weighted by Gasteiger charge is 2.19. The number of rotatable bonds is 5. The Morgan fingerprint density at radius 3 is 2.83 bits per heavy atom. The second-order valence-corrected chi connectivity index (χ2v) is 5.71. The Morgan fingerprint density at radius 2 is 2.04 bits per heavy atom. The minimum absolute atomic E-state index is 0.0260. The van der Waals surface area contributed by atoms with Gasteiger partial charge in [0.25, 0.3) is 0 Å². The van der Waals surface area contributed by atoms with Crippen LogP contribution in [0.4, 0.5) is 0 Å². The maximum Gasteiger partial charge on any atom is 0.201 e. The molecule has 0 unspecified atom stereocenters. The van der Waals surface area contributed by atoms with E-state index in [-0.39, 0.29) is 5.43 Å². The van der Waals surface area contributed by atoms with Crippen molar-refractivity contribution in [1.29, 1.82) is 0 Å². The first-order valence-electron chi connectivity index (χ1n) is 7.89. The van der Waals surface area contributed by atoms with Crippen LogP contribution < -0.4 is 21.2 Å². The summed E-state index contributed by atoms with van der Waals surface area (Å²) in [5, 5.41) is 10.2. The van der Waals surface area contributed by atoms with Crippen molar-refractivity contribution in [3.8, 4) is 5.75 Å². The second-order valence-electron chi connectivity index (χ2n) is 5.71. The third-order valence-electron chi connectivity index (χ3n) is 4.32. The number of nitrogens with zero attached hydrogens (tertiary/aromatic N) is 2. The quantitative estimate of drug-likeness (QED) is 0.430. The Morgan fingerprint density at radius 1 is 1.21 bits per heavy atom. The number of nitrogens with two attached hydrogens (primary N) is 1. The van der Waals surface area contributed by atoms with Crippen molar-refractivity contribution in [2.75, 3.05) is 20.2 Å². The van der Waals surface area contributed by atoms with Crippen molar-refractivity contribution in [2.45, 2.75) is 6.54 Å². The zero-order valence-corrected chi connectivity index (χ0v) is 13.4. The van der Waals surface area contributed by atoms with Gasteiger partial charge in [0.05, 0.1) is 29.2 Å². The molecule has 24 heavy (non-hydrogen) atoms. The Bertz CT molecular complexity index is 1090. The van der Waals surface area contributed by atoms with E-state index in [0.717, 1.165) is 22.1 Å². The standard InChI is InChI=1S/C18H18N4O2/c1-24-15-7-6-11-13(10-20-9-8-19)21-22-14-5-3-2-4-12(14)18(23)16(15)17(11)22/h2-7,20H,8-10,19H2,1H3. The molecule has 4 aromatic rings. The van der Waals surface area contributed by atoms with Gasteiger partial charge in [-0.2, -0.15) is 5.10 Å². The summed E-state index contributed by atoms with van der Waals surface area (Å²) in [7, 11) is 1.58. The molecular formula is C18H18N4O2. The summed E-state index contributed by atoms with van der Waals surface area (Å²) in [5.41, 5.74) is 8.02. The highest BCUT2D eigenvalue weighted by Crippen LogP contribution is 2.31. The summed E-state index contributed by atoms with van der Waals surface area (Å²) < 4.78 is 7.28. The molecule has 2 heterocycles. The normalized spacial score (nSPS) is 11.8. The van der Waals surface area contributed by atoms with E-state index < -0.39 is 0 Å². The molecule has 0 aliphatic rings. The maximum atomic E-state index is 13.0. The van der Waals surface area contributed by atoms with Crippen molar-refractivity contribution in [3.05, 3.63) is 52.3 Å². The molecule has 3 N–H and O–H groups in total. The summed E-state index contributed by atoms with van der Waals surface area (Å²) in [5.74, 6) is 0.574. The highest BCUT2D eigenvalue weighted by molar-refractivity contribution is 6.05. The predicted octanol–water partition coefficient (Wildman–Crippen LogP) is 1.50. The molecule has 0 aliphatic carbocycles. The zero-order chi connectivity index (χ0) is 16.7. The van der Waals surface area contributed by atoms with Crippen LogP contribution in [0.3, 0.4) is 0 Å². The molecule has 122 valence electrons. The molecule has 0 saturated carbocycles. The number of methoxy groups -OCH3 is 1. The fourth-order valence-corrected chi connectivity index (χ4v) is 3.24. The minimum atomic E-state index is -0.0260.